The van der Waals surface area contributed by atoms with Gasteiger partial charge in [0.1, 0.15) is 5.41 Å². The number of sulfone groups is 1. The number of nitrogens with two attached hydrogens (primary N) is 1. The minimum Gasteiger partial charge on any atom is -0.481 e. The number of hydrogen-bond donors (Lipinski definition) is 2. The molecule has 3 rings (SSSR count). The van der Waals surface area contributed by atoms with Gasteiger partial charge in [-0.1, -0.05) is 49.4 Å². The van der Waals surface area contributed by atoms with Gasteiger partial charge in [-0.25, -0.2) is 8.42 Å². The summed E-state index contributed by atoms with van der Waals surface area (Å²) in [5.74, 6) is -1.81. The highest BCUT2D eigenvalue weighted by atomic mass is 32.2. The van der Waals surface area contributed by atoms with E-state index in [-0.39, 0.29) is 11.4 Å². The average molecular weight is 359 g/mol. The lowest BCUT2D eigenvalue weighted by Gasteiger charge is -2.10. The van der Waals surface area contributed by atoms with Crippen LogP contribution in [0.1, 0.15) is 24.0 Å². The van der Waals surface area contributed by atoms with E-state index < -0.39 is 32.4 Å². The Morgan fingerprint density at radius 1 is 1.12 bits per heavy atom. The molecule has 3 atom stereocenters. The van der Waals surface area contributed by atoms with Crippen molar-refractivity contribution in [2.75, 3.05) is 6.54 Å². The van der Waals surface area contributed by atoms with Gasteiger partial charge in [-0.2, -0.15) is 0 Å². The number of benzene rings is 2. The lowest BCUT2D eigenvalue weighted by molar-refractivity contribution is -0.143. The van der Waals surface area contributed by atoms with Gasteiger partial charge in [-0.3, -0.25) is 4.79 Å². The van der Waals surface area contributed by atoms with Crippen LogP contribution in [-0.2, 0) is 21.1 Å². The van der Waals surface area contributed by atoms with E-state index in [1.54, 1.807) is 18.2 Å². The highest BCUT2D eigenvalue weighted by Crippen LogP contribution is 2.63. The van der Waals surface area contributed by atoms with E-state index in [0.717, 1.165) is 12.0 Å². The number of hydrogen-bond acceptors (Lipinski definition) is 4. The van der Waals surface area contributed by atoms with E-state index in [1.165, 1.54) is 12.1 Å². The second-order valence-electron chi connectivity index (χ2n) is 6.40. The molecule has 0 aromatic heterocycles. The van der Waals surface area contributed by atoms with Crippen molar-refractivity contribution in [3.8, 4) is 0 Å². The van der Waals surface area contributed by atoms with Crippen LogP contribution in [0.5, 0.6) is 0 Å². The van der Waals surface area contributed by atoms with Gasteiger partial charge in [0.15, 0.2) is 9.84 Å². The van der Waals surface area contributed by atoms with Gasteiger partial charge in [0.2, 0.25) is 0 Å². The fourth-order valence-corrected chi connectivity index (χ4v) is 6.04. The molecule has 132 valence electrons. The summed E-state index contributed by atoms with van der Waals surface area (Å²) in [5, 5.41) is 8.71. The molecule has 25 heavy (non-hydrogen) atoms. The predicted octanol–water partition coefficient (Wildman–Crippen LogP) is 2.22. The number of carboxylic acids is 1. The van der Waals surface area contributed by atoms with Crippen molar-refractivity contribution in [1.29, 1.82) is 0 Å². The standard InChI is InChI=1S/C19H21NO4S/c1-2-13-8-10-14(11-9-13)16-17(19(16,12-20)18(21)22)25(23,24)15-6-4-3-5-7-15/h3-11,16-17H,2,12,20H2,1H3,(H,21,22)/t16-,17-,19-/m0/s1. The summed E-state index contributed by atoms with van der Waals surface area (Å²) in [5.41, 5.74) is 6.10. The maximum absolute atomic E-state index is 13.1. The van der Waals surface area contributed by atoms with E-state index in [4.69, 9.17) is 5.73 Å². The molecule has 2 aromatic rings. The van der Waals surface area contributed by atoms with E-state index >= 15 is 0 Å². The van der Waals surface area contributed by atoms with Crippen molar-refractivity contribution < 1.29 is 18.3 Å². The summed E-state index contributed by atoms with van der Waals surface area (Å²) in [6.07, 6.45) is 0.859. The molecule has 1 aliphatic carbocycles. The zero-order valence-corrected chi connectivity index (χ0v) is 14.7. The Morgan fingerprint density at radius 3 is 2.20 bits per heavy atom. The smallest absolute Gasteiger partial charge is 0.312 e. The van der Waals surface area contributed by atoms with Gasteiger partial charge in [0, 0.05) is 12.5 Å². The van der Waals surface area contributed by atoms with Crippen LogP contribution < -0.4 is 5.73 Å². The van der Waals surface area contributed by atoms with Crippen molar-refractivity contribution in [2.45, 2.75) is 29.4 Å². The lowest BCUT2D eigenvalue weighted by atomic mass is 9.98. The van der Waals surface area contributed by atoms with Crippen molar-refractivity contribution >= 4 is 15.8 Å². The van der Waals surface area contributed by atoms with E-state index in [9.17, 15) is 18.3 Å². The highest BCUT2D eigenvalue weighted by Gasteiger charge is 2.75. The molecule has 0 aliphatic heterocycles. The third-order valence-electron chi connectivity index (χ3n) is 5.15. The molecule has 2 aromatic carbocycles. The molecule has 3 N–H and O–H groups in total. The SMILES string of the molecule is CCc1ccc([C@H]2[C@H](S(=O)(=O)c3ccccc3)[C@@]2(CN)C(=O)O)cc1. The molecule has 1 aliphatic rings. The molecule has 0 heterocycles. The summed E-state index contributed by atoms with van der Waals surface area (Å²) in [4.78, 5) is 12.1. The first kappa shape index (κ1) is 17.6. The third kappa shape index (κ3) is 2.65. The predicted molar refractivity (Wildman–Crippen MR) is 95.1 cm³/mol. The highest BCUT2D eigenvalue weighted by molar-refractivity contribution is 7.92. The monoisotopic (exact) mass is 359 g/mol. The average Bonchev–Trinajstić information content (AvgIpc) is 3.34. The summed E-state index contributed by atoms with van der Waals surface area (Å²) >= 11 is 0. The molecule has 0 spiro atoms. The number of aliphatic carboxylic acids is 1. The van der Waals surface area contributed by atoms with Crippen molar-refractivity contribution in [2.24, 2.45) is 11.1 Å². The zero-order valence-electron chi connectivity index (χ0n) is 13.9. The minimum absolute atomic E-state index is 0.131. The molecule has 5 nitrogen and oxygen atoms in total. The quantitative estimate of drug-likeness (QED) is 0.824. The fourth-order valence-electron chi connectivity index (χ4n) is 3.64. The number of carbonyl (C=O) groups is 1. The lowest BCUT2D eigenvalue weighted by Crippen LogP contribution is -2.31. The number of rotatable bonds is 6. The van der Waals surface area contributed by atoms with Gasteiger partial charge in [0.05, 0.1) is 10.1 Å². The Bertz CT molecular complexity index is 877. The Kier molecular flexibility index (Phi) is 4.43. The van der Waals surface area contributed by atoms with Crippen LogP contribution in [0.4, 0.5) is 0 Å². The summed E-state index contributed by atoms with van der Waals surface area (Å²) < 4.78 is 26.1. The Labute approximate surface area is 147 Å². The topological polar surface area (TPSA) is 97.5 Å². The molecular formula is C19H21NO4S. The Balaban J connectivity index is 2.08. The van der Waals surface area contributed by atoms with Crippen molar-refractivity contribution in [3.05, 3.63) is 65.7 Å². The summed E-state index contributed by atoms with van der Waals surface area (Å²) in [6.45, 7) is 1.80. The minimum atomic E-state index is -3.80. The van der Waals surface area contributed by atoms with Gasteiger partial charge in [-0.15, -0.1) is 0 Å². The summed E-state index contributed by atoms with van der Waals surface area (Å²) in [7, 11) is -3.80. The first-order valence-corrected chi connectivity index (χ1v) is 9.75. The molecule has 1 fully saturated rings. The number of aryl methyl sites for hydroxylation is 1. The van der Waals surface area contributed by atoms with E-state index in [0.29, 0.717) is 5.56 Å². The Morgan fingerprint density at radius 2 is 1.72 bits per heavy atom. The molecule has 0 saturated heterocycles. The van der Waals surface area contributed by atoms with E-state index in [2.05, 4.69) is 0 Å². The van der Waals surface area contributed by atoms with Crippen LogP contribution in [-0.4, -0.2) is 31.3 Å². The normalized spacial score (nSPS) is 25.5. The van der Waals surface area contributed by atoms with Gasteiger partial charge >= 0.3 is 5.97 Å². The summed E-state index contributed by atoms with van der Waals surface area (Å²) in [6, 6.07) is 15.4. The molecule has 0 radical (unpaired) electrons. The first-order chi connectivity index (χ1) is 11.9. The van der Waals surface area contributed by atoms with E-state index in [1.807, 2.05) is 31.2 Å². The first-order valence-electron chi connectivity index (χ1n) is 8.20. The maximum Gasteiger partial charge on any atom is 0.312 e. The van der Waals surface area contributed by atoms with Crippen LogP contribution in [0.2, 0.25) is 0 Å². The number of carboxylic acid groups (broad SMARTS) is 1. The van der Waals surface area contributed by atoms with Crippen LogP contribution in [0.3, 0.4) is 0 Å². The molecule has 1 saturated carbocycles. The zero-order chi connectivity index (χ0) is 18.2. The van der Waals surface area contributed by atoms with Gasteiger partial charge < -0.3 is 10.8 Å². The van der Waals surface area contributed by atoms with Crippen molar-refractivity contribution in [3.63, 3.8) is 0 Å². The maximum atomic E-state index is 13.1. The van der Waals surface area contributed by atoms with Crippen LogP contribution in [0, 0.1) is 5.41 Å². The molecule has 0 amide bonds. The Hall–Kier alpha value is -2.18. The van der Waals surface area contributed by atoms with Gasteiger partial charge in [-0.05, 0) is 29.7 Å². The third-order valence-corrected chi connectivity index (χ3v) is 7.44. The largest absolute Gasteiger partial charge is 0.481 e. The van der Waals surface area contributed by atoms with Crippen molar-refractivity contribution in [1.82, 2.24) is 0 Å². The fraction of sp³-hybridized carbons (Fsp3) is 0.316. The van der Waals surface area contributed by atoms with Gasteiger partial charge in [0.25, 0.3) is 0 Å². The molecular weight excluding hydrogens is 338 g/mol. The van der Waals surface area contributed by atoms with Crippen LogP contribution in [0.15, 0.2) is 59.5 Å². The molecule has 6 heteroatoms. The second-order valence-corrected chi connectivity index (χ2v) is 8.47. The molecule has 0 bridgehead atoms. The molecule has 0 unspecified atom stereocenters. The van der Waals surface area contributed by atoms with Crippen LogP contribution >= 0.6 is 0 Å². The second kappa shape index (κ2) is 6.28. The van der Waals surface area contributed by atoms with Crippen LogP contribution in [0.25, 0.3) is 0 Å².